The van der Waals surface area contributed by atoms with E-state index in [2.05, 4.69) is 19.2 Å². The lowest BCUT2D eigenvalue weighted by atomic mass is 10.1. The first-order valence-corrected chi connectivity index (χ1v) is 10.9. The van der Waals surface area contributed by atoms with Gasteiger partial charge < -0.3 is 10.1 Å². The van der Waals surface area contributed by atoms with Crippen molar-refractivity contribution in [1.82, 2.24) is 23.8 Å². The molecule has 2 aromatic heterocycles. The van der Waals surface area contributed by atoms with E-state index in [0.717, 1.165) is 46.4 Å². The van der Waals surface area contributed by atoms with Crippen LogP contribution in [0.4, 0.5) is 0 Å². The number of thioether (sulfide) groups is 1. The molecule has 1 N–H and O–H groups in total. The van der Waals surface area contributed by atoms with Crippen LogP contribution in [0.5, 0.6) is 0 Å². The second kappa shape index (κ2) is 7.26. The summed E-state index contributed by atoms with van der Waals surface area (Å²) in [5.74, 6) is 1.61. The first kappa shape index (κ1) is 17.8. The zero-order valence-corrected chi connectivity index (χ0v) is 16.5. The normalized spacial score (nSPS) is 21.6. The van der Waals surface area contributed by atoms with Gasteiger partial charge in [0.1, 0.15) is 17.1 Å². The van der Waals surface area contributed by atoms with Crippen LogP contribution in [-0.4, -0.2) is 49.4 Å². The molecule has 144 valence electrons. The second-order valence-electron chi connectivity index (χ2n) is 6.85. The zero-order valence-electron chi connectivity index (χ0n) is 14.8. The predicted molar refractivity (Wildman–Crippen MR) is 107 cm³/mol. The number of nitrogens with one attached hydrogen (secondary N) is 1. The fourth-order valence-electron chi connectivity index (χ4n) is 3.56. The maximum atomic E-state index is 12.7. The van der Waals surface area contributed by atoms with Crippen molar-refractivity contribution in [2.75, 3.05) is 19.0 Å². The van der Waals surface area contributed by atoms with Crippen molar-refractivity contribution in [3.8, 4) is 0 Å². The molecule has 0 saturated carbocycles. The van der Waals surface area contributed by atoms with E-state index in [1.54, 1.807) is 24.3 Å². The number of rotatable bonds is 3. The van der Waals surface area contributed by atoms with E-state index in [0.29, 0.717) is 24.3 Å². The van der Waals surface area contributed by atoms with Gasteiger partial charge in [-0.2, -0.15) is 25.6 Å². The lowest BCUT2D eigenvalue weighted by Crippen LogP contribution is -2.44. The number of aromatic nitrogens is 4. The molecule has 2 unspecified atom stereocenters. The van der Waals surface area contributed by atoms with Crippen LogP contribution in [0.1, 0.15) is 27.7 Å². The monoisotopic (exact) mass is 415 g/mol. The maximum absolute atomic E-state index is 12.7. The molecule has 5 rings (SSSR count). The molecule has 1 saturated heterocycles. The van der Waals surface area contributed by atoms with Crippen LogP contribution in [0.25, 0.3) is 11.0 Å². The van der Waals surface area contributed by atoms with E-state index < -0.39 is 0 Å². The van der Waals surface area contributed by atoms with Gasteiger partial charge in [-0.3, -0.25) is 9.59 Å². The minimum absolute atomic E-state index is 0.147. The molecule has 28 heavy (non-hydrogen) atoms. The van der Waals surface area contributed by atoms with Crippen LogP contribution in [0, 0.1) is 0 Å². The molecule has 1 fully saturated rings. The molecule has 10 heteroatoms. The van der Waals surface area contributed by atoms with Gasteiger partial charge in [0.25, 0.3) is 11.5 Å². The molecular weight excluding hydrogens is 398 g/mol. The van der Waals surface area contributed by atoms with Crippen LogP contribution in [0.3, 0.4) is 0 Å². The number of amides is 1. The maximum Gasteiger partial charge on any atom is 0.267 e. The third kappa shape index (κ3) is 3.21. The van der Waals surface area contributed by atoms with Crippen molar-refractivity contribution in [2.24, 2.45) is 0 Å². The summed E-state index contributed by atoms with van der Waals surface area (Å²) in [4.78, 5) is 25.3. The lowest BCUT2D eigenvalue weighted by Gasteiger charge is -2.22. The Morgan fingerprint density at radius 1 is 1.21 bits per heavy atom. The number of carbonyl (C=O) groups is 1. The highest BCUT2D eigenvalue weighted by atomic mass is 32.2. The van der Waals surface area contributed by atoms with E-state index >= 15 is 0 Å². The standard InChI is InChI=1S/C18H17N5O3S2/c24-17-6-11-9-27-4-3-12(11)20-23(17)16-8-26-7-15(16)19-18(25)10-1-2-13-14(5-10)22-28-21-13/h1-2,5-6,15-16H,3-4,7-9H2,(H,19,25). The molecular formula is C18H17N5O3S2. The first-order valence-electron chi connectivity index (χ1n) is 8.99. The summed E-state index contributed by atoms with van der Waals surface area (Å²) in [7, 11) is 0. The molecule has 4 heterocycles. The van der Waals surface area contributed by atoms with Gasteiger partial charge in [-0.15, -0.1) is 0 Å². The Kier molecular flexibility index (Phi) is 4.61. The van der Waals surface area contributed by atoms with E-state index in [-0.39, 0.29) is 23.6 Å². The number of hydrogen-bond donors (Lipinski definition) is 1. The van der Waals surface area contributed by atoms with Crippen LogP contribution in [-0.2, 0) is 16.9 Å². The molecule has 0 bridgehead atoms. The molecule has 0 radical (unpaired) electrons. The average Bonchev–Trinajstić information content (AvgIpc) is 3.36. The number of carbonyl (C=O) groups excluding carboxylic acids is 1. The van der Waals surface area contributed by atoms with Gasteiger partial charge in [0.2, 0.25) is 0 Å². The number of hydrogen-bond acceptors (Lipinski definition) is 8. The van der Waals surface area contributed by atoms with E-state index in [4.69, 9.17) is 4.74 Å². The summed E-state index contributed by atoms with van der Waals surface area (Å²) in [6.45, 7) is 0.693. The highest BCUT2D eigenvalue weighted by Crippen LogP contribution is 2.24. The molecule has 1 amide bonds. The van der Waals surface area contributed by atoms with Gasteiger partial charge in [0.05, 0.1) is 36.7 Å². The summed E-state index contributed by atoms with van der Waals surface area (Å²) >= 11 is 2.93. The van der Waals surface area contributed by atoms with Crippen LogP contribution in [0.15, 0.2) is 29.1 Å². The summed E-state index contributed by atoms with van der Waals surface area (Å²) < 4.78 is 15.4. The SMILES string of the molecule is O=C(NC1COCC1n1nc2c(cc1=O)CSCC2)c1ccc2nsnc2c1. The van der Waals surface area contributed by atoms with Gasteiger partial charge in [-0.05, 0) is 29.5 Å². The fourth-order valence-corrected chi connectivity index (χ4v) is 5.03. The third-order valence-corrected chi connectivity index (χ3v) is 6.63. The molecule has 2 atom stereocenters. The van der Waals surface area contributed by atoms with E-state index in [1.807, 2.05) is 11.8 Å². The van der Waals surface area contributed by atoms with Crippen molar-refractivity contribution in [3.05, 3.63) is 51.4 Å². The molecule has 0 aliphatic carbocycles. The van der Waals surface area contributed by atoms with Crippen molar-refractivity contribution in [1.29, 1.82) is 0 Å². The summed E-state index contributed by atoms with van der Waals surface area (Å²) in [5.41, 5.74) is 3.81. The summed E-state index contributed by atoms with van der Waals surface area (Å²) in [6, 6.07) is 6.27. The smallest absolute Gasteiger partial charge is 0.267 e. The average molecular weight is 416 g/mol. The number of aryl methyl sites for hydroxylation is 1. The number of ether oxygens (including phenoxy) is 1. The third-order valence-electron chi connectivity index (χ3n) is 5.06. The van der Waals surface area contributed by atoms with Gasteiger partial charge in [-0.25, -0.2) is 4.68 Å². The minimum Gasteiger partial charge on any atom is -0.377 e. The Hall–Kier alpha value is -2.30. The highest BCUT2D eigenvalue weighted by molar-refractivity contribution is 7.98. The molecule has 1 aromatic carbocycles. The van der Waals surface area contributed by atoms with Crippen molar-refractivity contribution in [2.45, 2.75) is 24.3 Å². The van der Waals surface area contributed by atoms with Gasteiger partial charge in [0, 0.05) is 23.8 Å². The largest absolute Gasteiger partial charge is 0.377 e. The minimum atomic E-state index is -0.321. The lowest BCUT2D eigenvalue weighted by molar-refractivity contribution is 0.0924. The molecule has 8 nitrogen and oxygen atoms in total. The predicted octanol–water partition coefficient (Wildman–Crippen LogP) is 1.41. The molecule has 2 aliphatic rings. The number of fused-ring (bicyclic) bond motifs is 2. The number of benzene rings is 1. The van der Waals surface area contributed by atoms with Crippen LogP contribution in [0.2, 0.25) is 0 Å². The van der Waals surface area contributed by atoms with Gasteiger partial charge >= 0.3 is 0 Å². The Morgan fingerprint density at radius 2 is 2.11 bits per heavy atom. The first-order chi connectivity index (χ1) is 13.7. The van der Waals surface area contributed by atoms with Gasteiger partial charge in [-0.1, -0.05) is 0 Å². The second-order valence-corrected chi connectivity index (χ2v) is 8.49. The highest BCUT2D eigenvalue weighted by Gasteiger charge is 2.33. The Balaban J connectivity index is 1.39. The molecule has 3 aromatic rings. The Bertz CT molecular complexity index is 1110. The zero-order chi connectivity index (χ0) is 19.1. The van der Waals surface area contributed by atoms with Crippen molar-refractivity contribution in [3.63, 3.8) is 0 Å². The van der Waals surface area contributed by atoms with Crippen molar-refractivity contribution >= 4 is 40.4 Å². The Labute approximate surface area is 168 Å². The number of nitrogens with zero attached hydrogens (tertiary/aromatic N) is 4. The molecule has 2 aliphatic heterocycles. The molecule has 0 spiro atoms. The van der Waals surface area contributed by atoms with Gasteiger partial charge in [0.15, 0.2) is 0 Å². The topological polar surface area (TPSA) is 99.0 Å². The quantitative estimate of drug-likeness (QED) is 0.690. The van der Waals surface area contributed by atoms with E-state index in [9.17, 15) is 9.59 Å². The van der Waals surface area contributed by atoms with Crippen LogP contribution < -0.4 is 10.9 Å². The van der Waals surface area contributed by atoms with Crippen molar-refractivity contribution < 1.29 is 9.53 Å². The van der Waals surface area contributed by atoms with Crippen LogP contribution >= 0.6 is 23.5 Å². The Morgan fingerprint density at radius 3 is 3.04 bits per heavy atom. The fraction of sp³-hybridized carbons (Fsp3) is 0.389. The summed E-state index contributed by atoms with van der Waals surface area (Å²) in [5, 5.41) is 7.60. The van der Waals surface area contributed by atoms with E-state index in [1.165, 1.54) is 4.68 Å². The summed E-state index contributed by atoms with van der Waals surface area (Å²) in [6.07, 6.45) is 0.854.